The van der Waals surface area contributed by atoms with Crippen molar-refractivity contribution in [1.29, 1.82) is 0 Å². The summed E-state index contributed by atoms with van der Waals surface area (Å²) in [6, 6.07) is 17.0. The Hall–Kier alpha value is -4.05. The number of benzene rings is 2. The topological polar surface area (TPSA) is 143 Å². The number of hydrogen-bond donors (Lipinski definition) is 2. The summed E-state index contributed by atoms with van der Waals surface area (Å²) in [7, 11) is -3.97. The number of anilines is 1. The minimum absolute atomic E-state index is 0.0350. The number of rotatable bonds is 11. The van der Waals surface area contributed by atoms with Gasteiger partial charge < -0.3 is 19.6 Å². The van der Waals surface area contributed by atoms with Crippen LogP contribution in [0.5, 0.6) is 5.75 Å². The van der Waals surface area contributed by atoms with E-state index in [2.05, 4.69) is 20.0 Å². The van der Waals surface area contributed by atoms with E-state index in [1.807, 2.05) is 53.1 Å². The predicted molar refractivity (Wildman–Crippen MR) is 145 cm³/mol. The lowest BCUT2D eigenvalue weighted by Crippen LogP contribution is -2.35. The highest BCUT2D eigenvalue weighted by molar-refractivity contribution is 7.52. The molecule has 1 unspecified atom stereocenters. The number of nitrogens with one attached hydrogen (secondary N) is 1. The van der Waals surface area contributed by atoms with Crippen LogP contribution >= 0.6 is 7.75 Å². The molecule has 0 spiro atoms. The van der Waals surface area contributed by atoms with Gasteiger partial charge in [0.2, 0.25) is 0 Å². The number of allylic oxidation sites excluding steroid dienone is 1. The number of esters is 1. The molecule has 39 heavy (non-hydrogen) atoms. The van der Waals surface area contributed by atoms with Crippen molar-refractivity contribution in [2.24, 2.45) is 5.92 Å². The summed E-state index contributed by atoms with van der Waals surface area (Å²) in [6.45, 7) is 1.75. The summed E-state index contributed by atoms with van der Waals surface area (Å²) in [5.41, 5.74) is 7.95. The number of hydrogen-bond acceptors (Lipinski definition) is 9. The molecule has 0 aliphatic heterocycles. The molecule has 0 bridgehead atoms. The molecule has 202 valence electrons. The lowest BCUT2D eigenvalue weighted by atomic mass is 10.1. The summed E-state index contributed by atoms with van der Waals surface area (Å²) in [6.07, 6.45) is 7.76. The van der Waals surface area contributed by atoms with Crippen molar-refractivity contribution in [2.75, 3.05) is 12.3 Å². The molecule has 1 aliphatic rings. The van der Waals surface area contributed by atoms with Crippen molar-refractivity contribution in [3.05, 3.63) is 91.0 Å². The van der Waals surface area contributed by atoms with Crippen LogP contribution < -0.4 is 15.3 Å². The maximum absolute atomic E-state index is 13.8. The number of nitrogens with zero attached hydrogens (tertiary/aromatic N) is 4. The second kappa shape index (κ2) is 11.8. The molecule has 0 saturated heterocycles. The largest absolute Gasteiger partial charge is 0.460 e. The fraction of sp³-hybridized carbons (Fsp3) is 0.259. The fourth-order valence-corrected chi connectivity index (χ4v) is 5.79. The van der Waals surface area contributed by atoms with Crippen LogP contribution in [0.15, 0.2) is 85.5 Å². The zero-order valence-corrected chi connectivity index (χ0v) is 22.2. The van der Waals surface area contributed by atoms with Crippen LogP contribution in [0.2, 0.25) is 0 Å². The van der Waals surface area contributed by atoms with E-state index in [0.717, 1.165) is 5.56 Å². The third kappa shape index (κ3) is 6.51. The van der Waals surface area contributed by atoms with Gasteiger partial charge in [-0.1, -0.05) is 60.7 Å². The van der Waals surface area contributed by atoms with Crippen LogP contribution in [0, 0.1) is 5.92 Å². The van der Waals surface area contributed by atoms with Crippen molar-refractivity contribution in [3.63, 3.8) is 0 Å². The molecule has 4 atom stereocenters. The Morgan fingerprint density at radius 2 is 1.85 bits per heavy atom. The average molecular weight is 549 g/mol. The predicted octanol–water partition coefficient (Wildman–Crippen LogP) is 4.45. The van der Waals surface area contributed by atoms with Crippen LogP contribution in [0.25, 0.3) is 11.2 Å². The van der Waals surface area contributed by atoms with E-state index < -0.39 is 19.8 Å². The highest BCUT2D eigenvalue weighted by Crippen LogP contribution is 2.46. The van der Waals surface area contributed by atoms with E-state index >= 15 is 0 Å². The van der Waals surface area contributed by atoms with Gasteiger partial charge in [0.05, 0.1) is 19.0 Å². The van der Waals surface area contributed by atoms with Gasteiger partial charge in [-0.15, -0.1) is 0 Å². The van der Waals surface area contributed by atoms with Gasteiger partial charge in [0.15, 0.2) is 11.5 Å². The van der Waals surface area contributed by atoms with Gasteiger partial charge in [0, 0.05) is 5.92 Å². The Kier molecular flexibility index (Phi) is 8.02. The quantitative estimate of drug-likeness (QED) is 0.157. The number of aromatic nitrogens is 4. The zero-order chi connectivity index (χ0) is 27.2. The first kappa shape index (κ1) is 26.6. The number of fused-ring (bicyclic) bond motifs is 1. The summed E-state index contributed by atoms with van der Waals surface area (Å²) in [5.74, 6) is 0.0252. The molecular weight excluding hydrogens is 519 g/mol. The number of nitrogen functional groups attached to an aromatic ring is 1. The van der Waals surface area contributed by atoms with Crippen molar-refractivity contribution in [3.8, 4) is 5.75 Å². The molecule has 3 N–H and O–H groups in total. The number of ether oxygens (including phenoxy) is 1. The molecule has 0 saturated carbocycles. The van der Waals surface area contributed by atoms with Crippen molar-refractivity contribution < 1.29 is 23.1 Å². The lowest BCUT2D eigenvalue weighted by Gasteiger charge is -2.24. The maximum Gasteiger partial charge on any atom is 0.459 e. The van der Waals surface area contributed by atoms with Gasteiger partial charge in [-0.25, -0.2) is 19.5 Å². The first-order chi connectivity index (χ1) is 18.9. The van der Waals surface area contributed by atoms with E-state index in [-0.39, 0.29) is 25.2 Å². The normalized spacial score (nSPS) is 19.0. The summed E-state index contributed by atoms with van der Waals surface area (Å²) in [5, 5.41) is 2.74. The van der Waals surface area contributed by atoms with Crippen molar-refractivity contribution in [2.45, 2.75) is 32.0 Å². The van der Waals surface area contributed by atoms with Gasteiger partial charge in [-0.3, -0.25) is 9.32 Å². The molecule has 11 nitrogen and oxygen atoms in total. The smallest absolute Gasteiger partial charge is 0.459 e. The van der Waals surface area contributed by atoms with Gasteiger partial charge in [0.25, 0.3) is 0 Å². The van der Waals surface area contributed by atoms with Crippen LogP contribution in [0.4, 0.5) is 5.82 Å². The molecule has 1 aliphatic carbocycles. The van der Waals surface area contributed by atoms with Crippen LogP contribution in [-0.2, 0) is 25.2 Å². The third-order valence-electron chi connectivity index (χ3n) is 6.25. The Labute approximate surface area is 225 Å². The number of carbonyl (C=O) groups is 1. The van der Waals surface area contributed by atoms with Gasteiger partial charge in [-0.05, 0) is 31.0 Å². The molecule has 12 heteroatoms. The number of carbonyl (C=O) groups excluding carboxylic acids is 1. The van der Waals surface area contributed by atoms with E-state index in [1.165, 1.54) is 6.33 Å². The van der Waals surface area contributed by atoms with E-state index in [0.29, 0.717) is 29.2 Å². The standard InChI is InChI=1S/C27H29N6O5P/c1-19(27(34)36-15-20-8-4-2-5-9-20)32-39(35,38-23-10-6-3-7-11-23)37-16-21-12-13-22(14-21)33-18-31-24-25(28)29-17-30-26(24)33/h2-13,17-19,21-22H,14-16H2,1H3,(H,32,35)(H2,28,29,30)/t19-,21-,22+,39?/m0/s1. The van der Waals surface area contributed by atoms with Gasteiger partial charge >= 0.3 is 13.7 Å². The highest BCUT2D eigenvalue weighted by Gasteiger charge is 2.34. The molecule has 2 heterocycles. The maximum atomic E-state index is 13.8. The molecule has 2 aromatic carbocycles. The van der Waals surface area contributed by atoms with E-state index in [1.54, 1.807) is 37.5 Å². The van der Waals surface area contributed by atoms with Gasteiger partial charge in [-0.2, -0.15) is 5.09 Å². The Morgan fingerprint density at radius 3 is 2.62 bits per heavy atom. The Morgan fingerprint density at radius 1 is 1.10 bits per heavy atom. The molecule has 2 aromatic heterocycles. The van der Waals surface area contributed by atoms with E-state index in [4.69, 9.17) is 19.5 Å². The molecular formula is C27H29N6O5P. The second-order valence-corrected chi connectivity index (χ2v) is 10.9. The van der Waals surface area contributed by atoms with Gasteiger partial charge in [0.1, 0.15) is 30.2 Å². The molecule has 4 aromatic rings. The first-order valence-corrected chi connectivity index (χ1v) is 14.0. The van der Waals surface area contributed by atoms with Crippen LogP contribution in [0.3, 0.4) is 0 Å². The van der Waals surface area contributed by atoms with Crippen LogP contribution in [-0.4, -0.2) is 38.1 Å². The molecule has 0 amide bonds. The van der Waals surface area contributed by atoms with Crippen molar-refractivity contribution >= 4 is 30.7 Å². The zero-order valence-electron chi connectivity index (χ0n) is 21.3. The van der Waals surface area contributed by atoms with Crippen LogP contribution in [0.1, 0.15) is 24.9 Å². The summed E-state index contributed by atoms with van der Waals surface area (Å²) < 4.78 is 32.8. The fourth-order valence-electron chi connectivity index (χ4n) is 4.24. The van der Waals surface area contributed by atoms with E-state index in [9.17, 15) is 9.36 Å². The SMILES string of the molecule is C[C@H](NP(=O)(OC[C@H]1C=C[C@@H](n2cnc3c(N)ncnc32)C1)Oc1ccccc1)C(=O)OCc1ccccc1. The third-order valence-corrected chi connectivity index (χ3v) is 7.89. The minimum atomic E-state index is -3.97. The Bertz CT molecular complexity index is 1500. The highest BCUT2D eigenvalue weighted by atomic mass is 31.2. The molecule has 5 rings (SSSR count). The monoisotopic (exact) mass is 548 g/mol. The molecule has 0 fully saturated rings. The summed E-state index contributed by atoms with van der Waals surface area (Å²) in [4.78, 5) is 25.3. The Balaban J connectivity index is 1.23. The number of para-hydroxylation sites is 1. The molecule has 0 radical (unpaired) electrons. The second-order valence-electron chi connectivity index (χ2n) is 9.17. The number of nitrogens with two attached hydrogens (primary N) is 1. The summed E-state index contributed by atoms with van der Waals surface area (Å²) >= 11 is 0. The minimum Gasteiger partial charge on any atom is -0.460 e. The lowest BCUT2D eigenvalue weighted by molar-refractivity contribution is -0.146. The first-order valence-electron chi connectivity index (χ1n) is 12.5. The average Bonchev–Trinajstić information content (AvgIpc) is 3.59. The number of imidazole rings is 1. The van der Waals surface area contributed by atoms with Crippen molar-refractivity contribution in [1.82, 2.24) is 24.6 Å².